The number of carbonyl (C=O) groups is 2. The Balaban J connectivity index is 3.76. The van der Waals surface area contributed by atoms with E-state index < -0.39 is 12.1 Å². The van der Waals surface area contributed by atoms with E-state index in [9.17, 15) is 14.7 Å². The second kappa shape index (κ2) is 38.5. The van der Waals surface area contributed by atoms with Crippen LogP contribution >= 0.6 is 0 Å². The van der Waals surface area contributed by atoms with Crippen molar-refractivity contribution < 1.29 is 24.2 Å². The van der Waals surface area contributed by atoms with Crippen molar-refractivity contribution in [3.63, 3.8) is 0 Å². The molecule has 0 amide bonds. The fourth-order valence-electron chi connectivity index (χ4n) is 4.74. The van der Waals surface area contributed by atoms with E-state index in [1.807, 2.05) is 12.2 Å². The molecule has 0 bridgehead atoms. The second-order valence-corrected chi connectivity index (χ2v) is 12.3. The van der Waals surface area contributed by atoms with Crippen LogP contribution in [-0.2, 0) is 19.1 Å². The van der Waals surface area contributed by atoms with Crippen molar-refractivity contribution in [1.29, 1.82) is 0 Å². The molecule has 0 aromatic rings. The van der Waals surface area contributed by atoms with E-state index >= 15 is 0 Å². The standard InChI is InChI=1S/C43H70O5/c1-3-5-7-9-11-13-15-17-19-20-21-22-24-26-28-30-32-34-36-38-43(46)48-41(39-44)40-47-42(45)37-35-33-31-29-27-25-23-18-16-14-12-10-8-6-4-2/h11-14,17-19,21-23,26,28,32,34,41,44H,3-10,15-16,20,24-25,27,29-31,33,35-40H2,1-2H3/b13-11-,14-12-,19-17-,22-21-,23-18-,28-26-,34-32-/t41-/m0/s1. The molecular formula is C43H70O5. The molecule has 0 fully saturated rings. The largest absolute Gasteiger partial charge is 0.462 e. The molecule has 0 aliphatic heterocycles. The monoisotopic (exact) mass is 667 g/mol. The Morgan fingerprint density at radius 1 is 0.479 bits per heavy atom. The summed E-state index contributed by atoms with van der Waals surface area (Å²) < 4.78 is 10.5. The predicted octanol–water partition coefficient (Wildman–Crippen LogP) is 11.9. The maximum atomic E-state index is 12.1. The lowest BCUT2D eigenvalue weighted by atomic mass is 10.1. The van der Waals surface area contributed by atoms with Gasteiger partial charge in [0.05, 0.1) is 6.61 Å². The van der Waals surface area contributed by atoms with Gasteiger partial charge in [-0.15, -0.1) is 0 Å². The van der Waals surface area contributed by atoms with Crippen LogP contribution in [0, 0.1) is 0 Å². The topological polar surface area (TPSA) is 72.8 Å². The van der Waals surface area contributed by atoms with E-state index in [1.54, 1.807) is 0 Å². The molecule has 0 radical (unpaired) electrons. The molecule has 0 aliphatic carbocycles. The first-order chi connectivity index (χ1) is 23.6. The molecule has 0 saturated carbocycles. The van der Waals surface area contributed by atoms with E-state index in [1.165, 1.54) is 57.8 Å². The number of allylic oxidation sites excluding steroid dienone is 14. The summed E-state index contributed by atoms with van der Waals surface area (Å²) in [5.74, 6) is -0.712. The first-order valence-electron chi connectivity index (χ1n) is 19.1. The maximum Gasteiger partial charge on any atom is 0.306 e. The van der Waals surface area contributed by atoms with E-state index in [2.05, 4.69) is 86.8 Å². The zero-order valence-electron chi connectivity index (χ0n) is 30.7. The van der Waals surface area contributed by atoms with Crippen molar-refractivity contribution in [2.24, 2.45) is 0 Å². The first-order valence-corrected chi connectivity index (χ1v) is 19.1. The molecule has 0 saturated heterocycles. The zero-order valence-corrected chi connectivity index (χ0v) is 30.7. The lowest BCUT2D eigenvalue weighted by Gasteiger charge is -2.15. The Morgan fingerprint density at radius 2 is 0.875 bits per heavy atom. The first kappa shape index (κ1) is 45.1. The van der Waals surface area contributed by atoms with Crippen LogP contribution in [0.2, 0.25) is 0 Å². The smallest absolute Gasteiger partial charge is 0.306 e. The summed E-state index contributed by atoms with van der Waals surface area (Å²) in [7, 11) is 0. The molecular weight excluding hydrogens is 596 g/mol. The molecule has 5 nitrogen and oxygen atoms in total. The Kier molecular flexibility index (Phi) is 36.2. The minimum Gasteiger partial charge on any atom is -0.462 e. The highest BCUT2D eigenvalue weighted by Crippen LogP contribution is 2.10. The molecule has 48 heavy (non-hydrogen) atoms. The number of esters is 2. The summed E-state index contributed by atoms with van der Waals surface area (Å²) in [4.78, 5) is 24.2. The molecule has 0 rings (SSSR count). The summed E-state index contributed by atoms with van der Waals surface area (Å²) in [5, 5.41) is 9.53. The van der Waals surface area contributed by atoms with Gasteiger partial charge in [0.15, 0.2) is 6.10 Å². The van der Waals surface area contributed by atoms with Crippen LogP contribution in [0.3, 0.4) is 0 Å². The van der Waals surface area contributed by atoms with Gasteiger partial charge < -0.3 is 14.6 Å². The molecule has 1 N–H and O–H groups in total. The van der Waals surface area contributed by atoms with Gasteiger partial charge in [-0.1, -0.05) is 144 Å². The number of ether oxygens (including phenoxy) is 2. The molecule has 0 heterocycles. The van der Waals surface area contributed by atoms with Gasteiger partial charge in [-0.2, -0.15) is 0 Å². The van der Waals surface area contributed by atoms with E-state index in [-0.39, 0.29) is 25.6 Å². The number of aliphatic hydroxyl groups excluding tert-OH is 1. The molecule has 0 aromatic heterocycles. The third-order valence-corrected chi connectivity index (χ3v) is 7.67. The Bertz CT molecular complexity index is 937. The Hall–Kier alpha value is -2.92. The average molecular weight is 667 g/mol. The number of aliphatic hydroxyl groups is 1. The van der Waals surface area contributed by atoms with Gasteiger partial charge in [0, 0.05) is 12.8 Å². The number of hydrogen-bond acceptors (Lipinski definition) is 5. The fraction of sp³-hybridized carbons (Fsp3) is 0.628. The lowest BCUT2D eigenvalue weighted by Crippen LogP contribution is -2.28. The zero-order chi connectivity index (χ0) is 35.0. The fourth-order valence-corrected chi connectivity index (χ4v) is 4.74. The van der Waals surface area contributed by atoms with Gasteiger partial charge in [-0.3, -0.25) is 9.59 Å². The normalized spacial score (nSPS) is 13.1. The maximum absolute atomic E-state index is 12.1. The quantitative estimate of drug-likeness (QED) is 0.0429. The van der Waals surface area contributed by atoms with Crippen LogP contribution in [0.4, 0.5) is 0 Å². The van der Waals surface area contributed by atoms with Gasteiger partial charge in [0.1, 0.15) is 6.61 Å². The number of unbranched alkanes of at least 4 members (excludes halogenated alkanes) is 11. The Labute approximate surface area is 295 Å². The SMILES string of the molecule is CCCCC/C=C\C/C=C\C/C=C\C/C=C\C/C=C\CCC(=O)O[C@@H](CO)COC(=O)CCCCCCC/C=C\C/C=C\CCCCC. The van der Waals surface area contributed by atoms with Crippen molar-refractivity contribution in [3.05, 3.63) is 85.1 Å². The van der Waals surface area contributed by atoms with Crippen LogP contribution in [-0.4, -0.2) is 36.4 Å². The van der Waals surface area contributed by atoms with Crippen LogP contribution in [0.5, 0.6) is 0 Å². The van der Waals surface area contributed by atoms with Crippen molar-refractivity contribution in [2.75, 3.05) is 13.2 Å². The van der Waals surface area contributed by atoms with Crippen LogP contribution in [0.25, 0.3) is 0 Å². The highest BCUT2D eigenvalue weighted by atomic mass is 16.6. The second-order valence-electron chi connectivity index (χ2n) is 12.3. The average Bonchev–Trinajstić information content (AvgIpc) is 3.09. The molecule has 1 atom stereocenters. The number of rotatable bonds is 33. The summed E-state index contributed by atoms with van der Waals surface area (Å²) in [6.45, 7) is 3.99. The molecule has 0 unspecified atom stereocenters. The minimum atomic E-state index is -0.821. The van der Waals surface area contributed by atoms with Gasteiger partial charge in [-0.05, 0) is 83.5 Å². The van der Waals surface area contributed by atoms with Gasteiger partial charge in [0.2, 0.25) is 0 Å². The van der Waals surface area contributed by atoms with Crippen molar-refractivity contribution >= 4 is 11.9 Å². The van der Waals surface area contributed by atoms with Gasteiger partial charge >= 0.3 is 11.9 Å². The molecule has 0 spiro atoms. The van der Waals surface area contributed by atoms with Crippen molar-refractivity contribution in [3.8, 4) is 0 Å². The van der Waals surface area contributed by atoms with Crippen LogP contribution in [0.1, 0.15) is 155 Å². The van der Waals surface area contributed by atoms with Crippen molar-refractivity contribution in [2.45, 2.75) is 161 Å². The molecule has 0 aromatic carbocycles. The molecule has 272 valence electrons. The molecule has 0 aliphatic rings. The molecule has 5 heteroatoms. The minimum absolute atomic E-state index is 0.108. The number of hydrogen-bond donors (Lipinski definition) is 1. The summed E-state index contributed by atoms with van der Waals surface area (Å²) in [6.07, 6.45) is 52.2. The Morgan fingerprint density at radius 3 is 1.33 bits per heavy atom. The predicted molar refractivity (Wildman–Crippen MR) is 205 cm³/mol. The van der Waals surface area contributed by atoms with Gasteiger partial charge in [-0.25, -0.2) is 0 Å². The number of carbonyl (C=O) groups excluding carboxylic acids is 2. The summed E-state index contributed by atoms with van der Waals surface area (Å²) in [5.41, 5.74) is 0. The third-order valence-electron chi connectivity index (χ3n) is 7.67. The highest BCUT2D eigenvalue weighted by Gasteiger charge is 2.15. The van der Waals surface area contributed by atoms with Gasteiger partial charge in [0.25, 0.3) is 0 Å². The van der Waals surface area contributed by atoms with Crippen LogP contribution in [0.15, 0.2) is 85.1 Å². The summed E-state index contributed by atoms with van der Waals surface area (Å²) in [6, 6.07) is 0. The van der Waals surface area contributed by atoms with E-state index in [0.29, 0.717) is 12.8 Å². The van der Waals surface area contributed by atoms with E-state index in [4.69, 9.17) is 9.47 Å². The van der Waals surface area contributed by atoms with Crippen molar-refractivity contribution in [1.82, 2.24) is 0 Å². The van der Waals surface area contributed by atoms with E-state index in [0.717, 1.165) is 64.2 Å². The third kappa shape index (κ3) is 35.9. The van der Waals surface area contributed by atoms with Crippen LogP contribution < -0.4 is 0 Å². The highest BCUT2D eigenvalue weighted by molar-refractivity contribution is 5.70. The lowest BCUT2D eigenvalue weighted by molar-refractivity contribution is -0.161. The summed E-state index contributed by atoms with van der Waals surface area (Å²) >= 11 is 0.